The number of amides is 1. The van der Waals surface area contributed by atoms with Gasteiger partial charge in [-0.1, -0.05) is 36.4 Å². The van der Waals surface area contributed by atoms with Crippen LogP contribution in [0.4, 0.5) is 0 Å². The highest BCUT2D eigenvalue weighted by atomic mass is 16.5. The van der Waals surface area contributed by atoms with E-state index in [9.17, 15) is 9.59 Å². The van der Waals surface area contributed by atoms with Crippen molar-refractivity contribution in [2.45, 2.75) is 6.54 Å². The van der Waals surface area contributed by atoms with Gasteiger partial charge >= 0.3 is 5.97 Å². The quantitative estimate of drug-likeness (QED) is 0.634. The molecule has 0 unspecified atom stereocenters. The number of rotatable bonds is 7. The van der Waals surface area contributed by atoms with Crippen molar-refractivity contribution in [2.75, 3.05) is 20.8 Å². The van der Waals surface area contributed by atoms with Gasteiger partial charge in [-0.3, -0.25) is 4.79 Å². The summed E-state index contributed by atoms with van der Waals surface area (Å²) in [6.45, 7) is -0.195. The van der Waals surface area contributed by atoms with E-state index < -0.39 is 18.5 Å². The lowest BCUT2D eigenvalue weighted by Gasteiger charge is -2.13. The van der Waals surface area contributed by atoms with Crippen LogP contribution in [0.1, 0.15) is 16.1 Å². The highest BCUT2D eigenvalue weighted by molar-refractivity contribution is 6.03. The van der Waals surface area contributed by atoms with Gasteiger partial charge in [-0.2, -0.15) is 0 Å². The minimum absolute atomic E-state index is 0.181. The molecule has 0 bridgehead atoms. The molecule has 0 saturated carbocycles. The van der Waals surface area contributed by atoms with Crippen molar-refractivity contribution in [3.8, 4) is 11.5 Å². The molecule has 1 heterocycles. The molecule has 0 aliphatic rings. The molecule has 7 nitrogen and oxygen atoms in total. The predicted octanol–water partition coefficient (Wildman–Crippen LogP) is 2.73. The van der Waals surface area contributed by atoms with Crippen LogP contribution in [0, 0.1) is 0 Å². The molecule has 0 aliphatic heterocycles. The second-order valence-electron chi connectivity index (χ2n) is 5.89. The molecule has 1 aromatic heterocycles. The van der Waals surface area contributed by atoms with Crippen LogP contribution in [-0.4, -0.2) is 37.7 Å². The third-order valence-corrected chi connectivity index (χ3v) is 4.16. The third kappa shape index (κ3) is 4.20. The van der Waals surface area contributed by atoms with E-state index in [-0.39, 0.29) is 12.2 Å². The molecule has 3 aromatic rings. The number of carbonyl (C=O) groups excluding carboxylic acids is 2. The lowest BCUT2D eigenvalue weighted by Crippen LogP contribution is -2.28. The molecule has 2 aromatic carbocycles. The Bertz CT molecular complexity index is 998. The van der Waals surface area contributed by atoms with E-state index in [1.807, 2.05) is 24.3 Å². The van der Waals surface area contributed by atoms with E-state index in [0.29, 0.717) is 16.9 Å². The maximum atomic E-state index is 12.3. The fourth-order valence-corrected chi connectivity index (χ4v) is 2.82. The Hall–Kier alpha value is -3.61. The number of hydrogen-bond acceptors (Lipinski definition) is 6. The zero-order valence-corrected chi connectivity index (χ0v) is 15.6. The first kappa shape index (κ1) is 19.2. The van der Waals surface area contributed by atoms with Crippen LogP contribution in [0.5, 0.6) is 11.5 Å². The normalized spacial score (nSPS) is 10.4. The lowest BCUT2D eigenvalue weighted by atomic mass is 10.1. The zero-order valence-electron chi connectivity index (χ0n) is 15.6. The SMILES string of the molecule is COc1cccc(CNC(=O)COC(=O)c2nccc3ccccc23)c1OC. The Balaban J connectivity index is 1.60. The van der Waals surface area contributed by atoms with Gasteiger partial charge < -0.3 is 19.5 Å². The van der Waals surface area contributed by atoms with Crippen LogP contribution >= 0.6 is 0 Å². The van der Waals surface area contributed by atoms with Crippen LogP contribution < -0.4 is 14.8 Å². The molecule has 0 aliphatic carbocycles. The summed E-state index contributed by atoms with van der Waals surface area (Å²) in [6.07, 6.45) is 1.54. The number of esters is 1. The molecule has 0 saturated heterocycles. The first-order chi connectivity index (χ1) is 13.6. The van der Waals surface area contributed by atoms with Gasteiger partial charge in [0.2, 0.25) is 0 Å². The number of fused-ring (bicyclic) bond motifs is 1. The van der Waals surface area contributed by atoms with Gasteiger partial charge in [-0.25, -0.2) is 9.78 Å². The van der Waals surface area contributed by atoms with E-state index in [2.05, 4.69) is 10.3 Å². The number of ether oxygens (including phenoxy) is 3. The summed E-state index contributed by atoms with van der Waals surface area (Å²) >= 11 is 0. The molecule has 0 radical (unpaired) electrons. The smallest absolute Gasteiger partial charge is 0.358 e. The van der Waals surface area contributed by atoms with Gasteiger partial charge in [0, 0.05) is 23.7 Å². The van der Waals surface area contributed by atoms with E-state index in [1.165, 1.54) is 13.3 Å². The summed E-state index contributed by atoms with van der Waals surface area (Å²) in [7, 11) is 3.07. The van der Waals surface area contributed by atoms with Crippen molar-refractivity contribution in [1.29, 1.82) is 0 Å². The Kier molecular flexibility index (Phi) is 6.06. The second-order valence-corrected chi connectivity index (χ2v) is 5.89. The molecule has 1 N–H and O–H groups in total. The van der Waals surface area contributed by atoms with Crippen molar-refractivity contribution in [3.05, 3.63) is 66.0 Å². The monoisotopic (exact) mass is 380 g/mol. The summed E-state index contributed by atoms with van der Waals surface area (Å²) in [5, 5.41) is 4.25. The summed E-state index contributed by atoms with van der Waals surface area (Å²) in [5.74, 6) is 0.0364. The van der Waals surface area contributed by atoms with E-state index >= 15 is 0 Å². The van der Waals surface area contributed by atoms with Crippen molar-refractivity contribution in [3.63, 3.8) is 0 Å². The van der Waals surface area contributed by atoms with Gasteiger partial charge in [0.25, 0.3) is 5.91 Å². The number of hydrogen-bond donors (Lipinski definition) is 1. The topological polar surface area (TPSA) is 86.8 Å². The standard InChI is InChI=1S/C21H20N2O5/c1-26-17-9-5-7-15(20(17)27-2)12-23-18(24)13-28-21(25)19-16-8-4-3-6-14(16)10-11-22-19/h3-11H,12-13H2,1-2H3,(H,23,24). The fourth-order valence-electron chi connectivity index (χ4n) is 2.82. The number of aromatic nitrogens is 1. The molecule has 28 heavy (non-hydrogen) atoms. The Morgan fingerprint density at radius 3 is 2.61 bits per heavy atom. The van der Waals surface area contributed by atoms with Gasteiger partial charge in [0.15, 0.2) is 23.8 Å². The van der Waals surface area contributed by atoms with Gasteiger partial charge in [-0.15, -0.1) is 0 Å². The zero-order chi connectivity index (χ0) is 19.9. The number of nitrogens with one attached hydrogen (secondary N) is 1. The number of methoxy groups -OCH3 is 2. The fraction of sp³-hybridized carbons (Fsp3) is 0.190. The average Bonchev–Trinajstić information content (AvgIpc) is 2.75. The molecule has 7 heteroatoms. The number of para-hydroxylation sites is 1. The van der Waals surface area contributed by atoms with Crippen molar-refractivity contribution in [1.82, 2.24) is 10.3 Å². The number of nitrogens with zero attached hydrogens (tertiary/aromatic N) is 1. The summed E-state index contributed by atoms with van der Waals surface area (Å²) in [4.78, 5) is 28.5. The van der Waals surface area contributed by atoms with Crippen LogP contribution in [-0.2, 0) is 16.1 Å². The maximum absolute atomic E-state index is 12.3. The maximum Gasteiger partial charge on any atom is 0.358 e. The first-order valence-electron chi connectivity index (χ1n) is 8.61. The highest BCUT2D eigenvalue weighted by Gasteiger charge is 2.15. The number of pyridine rings is 1. The minimum atomic E-state index is -0.647. The second kappa shape index (κ2) is 8.85. The number of benzene rings is 2. The molecular formula is C21H20N2O5. The van der Waals surface area contributed by atoms with Crippen molar-refractivity contribution < 1.29 is 23.8 Å². The number of carbonyl (C=O) groups is 2. The molecule has 0 spiro atoms. The molecule has 0 atom stereocenters. The molecule has 0 fully saturated rings. The van der Waals surface area contributed by atoms with E-state index in [4.69, 9.17) is 14.2 Å². The van der Waals surface area contributed by atoms with Crippen LogP contribution in [0.3, 0.4) is 0 Å². The summed E-state index contributed by atoms with van der Waals surface area (Å²) in [6, 6.07) is 14.5. The molecular weight excluding hydrogens is 360 g/mol. The van der Waals surface area contributed by atoms with Crippen LogP contribution in [0.25, 0.3) is 10.8 Å². The van der Waals surface area contributed by atoms with Crippen molar-refractivity contribution in [2.24, 2.45) is 0 Å². The van der Waals surface area contributed by atoms with Crippen LogP contribution in [0.15, 0.2) is 54.7 Å². The molecule has 144 valence electrons. The Morgan fingerprint density at radius 2 is 1.82 bits per heavy atom. The summed E-state index contributed by atoms with van der Waals surface area (Å²) in [5.41, 5.74) is 0.928. The predicted molar refractivity (Wildman–Crippen MR) is 103 cm³/mol. The lowest BCUT2D eigenvalue weighted by molar-refractivity contribution is -0.124. The summed E-state index contributed by atoms with van der Waals surface area (Å²) < 4.78 is 15.7. The van der Waals surface area contributed by atoms with E-state index in [0.717, 1.165) is 10.9 Å². The average molecular weight is 380 g/mol. The van der Waals surface area contributed by atoms with Gasteiger partial charge in [0.05, 0.1) is 14.2 Å². The Morgan fingerprint density at radius 1 is 1.00 bits per heavy atom. The first-order valence-corrected chi connectivity index (χ1v) is 8.61. The minimum Gasteiger partial charge on any atom is -0.493 e. The van der Waals surface area contributed by atoms with Gasteiger partial charge in [0.1, 0.15) is 0 Å². The van der Waals surface area contributed by atoms with Crippen molar-refractivity contribution >= 4 is 22.6 Å². The largest absolute Gasteiger partial charge is 0.493 e. The highest BCUT2D eigenvalue weighted by Crippen LogP contribution is 2.30. The van der Waals surface area contributed by atoms with Crippen LogP contribution in [0.2, 0.25) is 0 Å². The van der Waals surface area contributed by atoms with E-state index in [1.54, 1.807) is 31.4 Å². The van der Waals surface area contributed by atoms with Gasteiger partial charge in [-0.05, 0) is 17.5 Å². The third-order valence-electron chi connectivity index (χ3n) is 4.16. The molecule has 1 amide bonds. The Labute approximate surface area is 162 Å². The molecule has 3 rings (SSSR count).